The first kappa shape index (κ1) is 16.5. The third kappa shape index (κ3) is 3.93. The molecule has 0 atom stereocenters. The van der Waals surface area contributed by atoms with Gasteiger partial charge in [0.15, 0.2) is 11.3 Å². The maximum atomic E-state index is 12.4. The Morgan fingerprint density at radius 2 is 1.88 bits per heavy atom. The molecule has 0 bridgehead atoms. The summed E-state index contributed by atoms with van der Waals surface area (Å²) in [6, 6.07) is 7.84. The van der Waals surface area contributed by atoms with Crippen LogP contribution < -0.4 is 5.32 Å². The van der Waals surface area contributed by atoms with Crippen LogP contribution in [0.3, 0.4) is 0 Å². The van der Waals surface area contributed by atoms with Crippen molar-refractivity contribution in [2.45, 2.75) is 4.90 Å². The van der Waals surface area contributed by atoms with Crippen LogP contribution >= 0.6 is 11.8 Å². The van der Waals surface area contributed by atoms with Crippen LogP contribution in [-0.4, -0.2) is 51.6 Å². The molecule has 1 aromatic carbocycles. The van der Waals surface area contributed by atoms with E-state index in [9.17, 15) is 4.79 Å². The lowest BCUT2D eigenvalue weighted by atomic mass is 10.3. The van der Waals surface area contributed by atoms with E-state index in [2.05, 4.69) is 34.3 Å². The summed E-state index contributed by atoms with van der Waals surface area (Å²) < 4.78 is 1.77. The first-order valence-electron chi connectivity index (χ1n) is 7.60. The van der Waals surface area contributed by atoms with Gasteiger partial charge in [-0.3, -0.25) is 4.79 Å². The van der Waals surface area contributed by atoms with E-state index in [-0.39, 0.29) is 5.91 Å². The molecule has 0 spiro atoms. The monoisotopic (exact) mass is 341 g/mol. The fourth-order valence-electron chi connectivity index (χ4n) is 2.19. The summed E-state index contributed by atoms with van der Waals surface area (Å²) >= 11 is 1.80. The van der Waals surface area contributed by atoms with E-state index in [0.29, 0.717) is 11.3 Å². The van der Waals surface area contributed by atoms with E-state index in [1.165, 1.54) is 4.90 Å². The summed E-state index contributed by atoms with van der Waals surface area (Å²) in [5.41, 5.74) is 1.60. The van der Waals surface area contributed by atoms with Gasteiger partial charge in [0.25, 0.3) is 5.91 Å². The quantitative estimate of drug-likeness (QED) is 0.698. The van der Waals surface area contributed by atoms with Gasteiger partial charge < -0.3 is 14.6 Å². The minimum Gasteiger partial charge on any atom is -0.321 e. The lowest BCUT2D eigenvalue weighted by Crippen LogP contribution is -2.15. The van der Waals surface area contributed by atoms with Gasteiger partial charge in [0.05, 0.1) is 0 Å². The van der Waals surface area contributed by atoms with Crippen molar-refractivity contribution in [3.05, 3.63) is 54.7 Å². The fraction of sp³-hybridized carbons (Fsp3) is 0.235. The summed E-state index contributed by atoms with van der Waals surface area (Å²) in [7, 11) is 4.13. The van der Waals surface area contributed by atoms with E-state index in [4.69, 9.17) is 0 Å². The van der Waals surface area contributed by atoms with Crippen molar-refractivity contribution in [2.75, 3.05) is 31.7 Å². The Morgan fingerprint density at radius 1 is 1.17 bits per heavy atom. The average Bonchev–Trinajstić information content (AvgIpc) is 3.04. The average molecular weight is 341 g/mol. The van der Waals surface area contributed by atoms with E-state index in [1.807, 2.05) is 24.3 Å². The highest BCUT2D eigenvalue weighted by molar-refractivity contribution is 7.99. The van der Waals surface area contributed by atoms with Crippen molar-refractivity contribution in [3.63, 3.8) is 0 Å². The molecule has 124 valence electrons. The molecule has 1 N–H and O–H groups in total. The van der Waals surface area contributed by atoms with E-state index >= 15 is 0 Å². The predicted molar refractivity (Wildman–Crippen MR) is 96.7 cm³/mol. The van der Waals surface area contributed by atoms with Crippen LogP contribution in [0.25, 0.3) is 5.65 Å². The van der Waals surface area contributed by atoms with Gasteiger partial charge in [0, 0.05) is 47.7 Å². The summed E-state index contributed by atoms with van der Waals surface area (Å²) in [5.74, 6) is 0.768. The largest absolute Gasteiger partial charge is 0.321 e. The zero-order valence-electron chi connectivity index (χ0n) is 13.6. The van der Waals surface area contributed by atoms with Crippen LogP contribution in [0.15, 0.2) is 53.9 Å². The van der Waals surface area contributed by atoms with Gasteiger partial charge in [-0.25, -0.2) is 9.97 Å². The Balaban J connectivity index is 1.65. The molecule has 0 unspecified atom stereocenters. The number of benzene rings is 1. The van der Waals surface area contributed by atoms with Gasteiger partial charge in [0.1, 0.15) is 0 Å². The number of aromatic nitrogens is 3. The van der Waals surface area contributed by atoms with Gasteiger partial charge in [-0.05, 0) is 38.4 Å². The molecular weight excluding hydrogens is 322 g/mol. The van der Waals surface area contributed by atoms with Crippen LogP contribution in [0.4, 0.5) is 5.69 Å². The van der Waals surface area contributed by atoms with Crippen molar-refractivity contribution in [3.8, 4) is 0 Å². The number of fused-ring (bicyclic) bond motifs is 1. The van der Waals surface area contributed by atoms with Gasteiger partial charge in [0.2, 0.25) is 0 Å². The molecule has 0 radical (unpaired) electrons. The highest BCUT2D eigenvalue weighted by Gasteiger charge is 2.13. The summed E-state index contributed by atoms with van der Waals surface area (Å²) in [6.07, 6.45) is 6.79. The van der Waals surface area contributed by atoms with Crippen molar-refractivity contribution < 1.29 is 4.79 Å². The molecule has 0 saturated carbocycles. The first-order chi connectivity index (χ1) is 11.6. The second-order valence-electron chi connectivity index (χ2n) is 5.56. The molecule has 0 aliphatic rings. The summed E-state index contributed by atoms with van der Waals surface area (Å²) in [5, 5.41) is 2.87. The smallest absolute Gasteiger partial charge is 0.278 e. The van der Waals surface area contributed by atoms with Crippen LogP contribution in [-0.2, 0) is 0 Å². The van der Waals surface area contributed by atoms with Crippen molar-refractivity contribution in [1.29, 1.82) is 0 Å². The third-order valence-electron chi connectivity index (χ3n) is 3.45. The topological polar surface area (TPSA) is 62.5 Å². The highest BCUT2D eigenvalue weighted by atomic mass is 32.2. The van der Waals surface area contributed by atoms with Crippen LogP contribution in [0, 0.1) is 0 Å². The maximum Gasteiger partial charge on any atom is 0.278 e. The van der Waals surface area contributed by atoms with Gasteiger partial charge in [-0.2, -0.15) is 0 Å². The fourth-order valence-corrected chi connectivity index (χ4v) is 3.21. The number of hydrogen-bond donors (Lipinski definition) is 1. The minimum absolute atomic E-state index is 0.264. The second-order valence-corrected chi connectivity index (χ2v) is 6.73. The van der Waals surface area contributed by atoms with Crippen molar-refractivity contribution in [2.24, 2.45) is 0 Å². The lowest BCUT2D eigenvalue weighted by Gasteiger charge is -2.09. The molecule has 0 fully saturated rings. The van der Waals surface area contributed by atoms with E-state index < -0.39 is 0 Å². The van der Waals surface area contributed by atoms with Crippen molar-refractivity contribution >= 4 is 29.0 Å². The van der Waals surface area contributed by atoms with Crippen LogP contribution in [0.5, 0.6) is 0 Å². The Hall–Kier alpha value is -2.38. The van der Waals surface area contributed by atoms with Gasteiger partial charge >= 0.3 is 0 Å². The normalized spacial score (nSPS) is 11.1. The molecule has 0 saturated heterocycles. The molecule has 24 heavy (non-hydrogen) atoms. The number of nitrogens with zero attached hydrogens (tertiary/aromatic N) is 4. The number of carbonyl (C=O) groups is 1. The maximum absolute atomic E-state index is 12.4. The van der Waals surface area contributed by atoms with Crippen LogP contribution in [0.2, 0.25) is 0 Å². The standard InChI is InChI=1S/C17H19N5OS/c1-21(2)11-12-24-14-5-3-13(4-6-14)20-17(23)15-16-19-8-10-22(16)9-7-18-15/h3-10H,11-12H2,1-2H3,(H,20,23). The zero-order valence-corrected chi connectivity index (χ0v) is 14.5. The second kappa shape index (κ2) is 7.46. The molecular formula is C17H19N5OS. The SMILES string of the molecule is CN(C)CCSc1ccc(NC(=O)c2nccn3ccnc23)cc1. The Morgan fingerprint density at radius 3 is 2.58 bits per heavy atom. The van der Waals surface area contributed by atoms with E-state index in [0.717, 1.165) is 18.0 Å². The molecule has 0 aliphatic carbocycles. The number of imidazole rings is 1. The van der Waals surface area contributed by atoms with Crippen molar-refractivity contribution in [1.82, 2.24) is 19.3 Å². The number of anilines is 1. The Kier molecular flexibility index (Phi) is 5.12. The molecule has 2 aromatic heterocycles. The molecule has 7 heteroatoms. The molecule has 0 aliphatic heterocycles. The number of thioether (sulfide) groups is 1. The Bertz CT molecular complexity index is 828. The molecule has 3 aromatic rings. The van der Waals surface area contributed by atoms with Gasteiger partial charge in [-0.15, -0.1) is 11.8 Å². The molecule has 2 heterocycles. The molecule has 6 nitrogen and oxygen atoms in total. The number of amides is 1. The molecule has 1 amide bonds. The van der Waals surface area contributed by atoms with Gasteiger partial charge in [-0.1, -0.05) is 0 Å². The Labute approximate surface area is 144 Å². The van der Waals surface area contributed by atoms with Crippen LogP contribution in [0.1, 0.15) is 10.5 Å². The predicted octanol–water partition coefficient (Wildman–Crippen LogP) is 2.64. The van der Waals surface area contributed by atoms with E-state index in [1.54, 1.807) is 40.9 Å². The number of nitrogens with one attached hydrogen (secondary N) is 1. The number of hydrogen-bond acceptors (Lipinski definition) is 5. The highest BCUT2D eigenvalue weighted by Crippen LogP contribution is 2.20. The first-order valence-corrected chi connectivity index (χ1v) is 8.58. The minimum atomic E-state index is -0.264. The number of rotatable bonds is 6. The molecule has 3 rings (SSSR count). The summed E-state index contributed by atoms with van der Waals surface area (Å²) in [4.78, 5) is 24.1. The zero-order chi connectivity index (χ0) is 16.9. The lowest BCUT2D eigenvalue weighted by molar-refractivity contribution is 0.102. The third-order valence-corrected chi connectivity index (χ3v) is 4.44. The number of carbonyl (C=O) groups excluding carboxylic acids is 1. The summed E-state index contributed by atoms with van der Waals surface area (Å²) in [6.45, 7) is 1.03.